The van der Waals surface area contributed by atoms with E-state index in [1.807, 2.05) is 25.1 Å². The van der Waals surface area contributed by atoms with Crippen LogP contribution in [0.4, 0.5) is 8.78 Å². The van der Waals surface area contributed by atoms with Gasteiger partial charge in [0, 0.05) is 18.2 Å². The van der Waals surface area contributed by atoms with Crippen molar-refractivity contribution in [2.45, 2.75) is 38.7 Å². The van der Waals surface area contributed by atoms with Gasteiger partial charge in [-0.15, -0.1) is 0 Å². The predicted octanol–water partition coefficient (Wildman–Crippen LogP) is 4.35. The summed E-state index contributed by atoms with van der Waals surface area (Å²) in [6.45, 7) is 2.67. The van der Waals surface area contributed by atoms with Crippen LogP contribution in [0.3, 0.4) is 0 Å². The van der Waals surface area contributed by atoms with Crippen molar-refractivity contribution in [3.05, 3.63) is 53.9 Å². The zero-order chi connectivity index (χ0) is 19.0. The van der Waals surface area contributed by atoms with Gasteiger partial charge in [-0.3, -0.25) is 4.79 Å². The van der Waals surface area contributed by atoms with Gasteiger partial charge < -0.3 is 4.90 Å². The van der Waals surface area contributed by atoms with Crippen LogP contribution in [0.15, 0.2) is 42.6 Å². The molecule has 0 aliphatic carbocycles. The van der Waals surface area contributed by atoms with E-state index in [0.717, 1.165) is 23.8 Å². The van der Waals surface area contributed by atoms with Crippen LogP contribution >= 0.6 is 0 Å². The number of likely N-dealkylation sites (tertiary alicyclic amines) is 1. The van der Waals surface area contributed by atoms with Crippen LogP contribution in [-0.2, 0) is 0 Å². The Morgan fingerprint density at radius 3 is 2.70 bits per heavy atom. The molecule has 140 valence electrons. The van der Waals surface area contributed by atoms with Gasteiger partial charge in [-0.05, 0) is 32.3 Å². The summed E-state index contributed by atoms with van der Waals surface area (Å²) in [6, 6.07) is 10.5. The molecule has 0 saturated carbocycles. The molecule has 0 radical (unpaired) electrons. The summed E-state index contributed by atoms with van der Waals surface area (Å²) in [5, 5.41) is 4.04. The van der Waals surface area contributed by atoms with Gasteiger partial charge >= 0.3 is 0 Å². The number of nitrogens with zero attached hydrogens (tertiary/aromatic N) is 4. The van der Waals surface area contributed by atoms with Gasteiger partial charge in [0.05, 0.1) is 11.9 Å². The number of alkyl halides is 2. The van der Waals surface area contributed by atoms with E-state index in [9.17, 15) is 13.6 Å². The Balaban J connectivity index is 1.85. The minimum atomic E-state index is -2.73. The van der Waals surface area contributed by atoms with Gasteiger partial charge in [-0.1, -0.05) is 30.3 Å². The molecule has 1 saturated heterocycles. The number of aromatic nitrogens is 3. The van der Waals surface area contributed by atoms with Crippen LogP contribution in [0.2, 0.25) is 0 Å². The Bertz CT molecular complexity index is 971. The van der Waals surface area contributed by atoms with Crippen molar-refractivity contribution in [1.29, 1.82) is 0 Å². The first-order valence-electron chi connectivity index (χ1n) is 9.09. The van der Waals surface area contributed by atoms with E-state index < -0.39 is 6.43 Å². The molecule has 0 N–H and O–H groups in total. The van der Waals surface area contributed by atoms with Crippen molar-refractivity contribution in [2.75, 3.05) is 6.54 Å². The monoisotopic (exact) mass is 370 g/mol. The minimum absolute atomic E-state index is 0.119. The molecular weight excluding hydrogens is 350 g/mol. The number of hydrogen-bond donors (Lipinski definition) is 0. The Morgan fingerprint density at radius 2 is 2.00 bits per heavy atom. The fraction of sp³-hybridized carbons (Fsp3) is 0.350. The predicted molar refractivity (Wildman–Crippen MR) is 97.7 cm³/mol. The number of carbonyl (C=O) groups excluding carboxylic acids is 1. The molecule has 0 bridgehead atoms. The summed E-state index contributed by atoms with van der Waals surface area (Å²) in [7, 11) is 0. The summed E-state index contributed by atoms with van der Waals surface area (Å²) in [6.07, 6.45) is 1.60. The molecule has 0 spiro atoms. The Kier molecular flexibility index (Phi) is 4.59. The maximum Gasteiger partial charge on any atom is 0.280 e. The molecule has 2 aromatic heterocycles. The second kappa shape index (κ2) is 7.06. The number of carbonyl (C=O) groups is 1. The zero-order valence-electron chi connectivity index (χ0n) is 15.0. The lowest BCUT2D eigenvalue weighted by Crippen LogP contribution is -2.42. The normalized spacial score (nSPS) is 17.6. The third-order valence-corrected chi connectivity index (χ3v) is 5.09. The molecule has 1 aliphatic rings. The lowest BCUT2D eigenvalue weighted by Gasteiger charge is -2.33. The number of halogens is 2. The first-order chi connectivity index (χ1) is 13.1. The maximum atomic E-state index is 13.6. The van der Waals surface area contributed by atoms with E-state index in [0.29, 0.717) is 17.8 Å². The average Bonchev–Trinajstić information content (AvgIpc) is 3.11. The van der Waals surface area contributed by atoms with Crippen LogP contribution in [0.5, 0.6) is 0 Å². The molecule has 7 heteroatoms. The summed E-state index contributed by atoms with van der Waals surface area (Å²) in [4.78, 5) is 19.4. The Morgan fingerprint density at radius 1 is 1.22 bits per heavy atom. The van der Waals surface area contributed by atoms with E-state index in [-0.39, 0.29) is 28.9 Å². The van der Waals surface area contributed by atoms with Crippen molar-refractivity contribution in [2.24, 2.45) is 0 Å². The van der Waals surface area contributed by atoms with Gasteiger partial charge in [-0.2, -0.15) is 5.10 Å². The van der Waals surface area contributed by atoms with Crippen LogP contribution in [-0.4, -0.2) is 38.0 Å². The number of benzene rings is 1. The quantitative estimate of drug-likeness (QED) is 0.689. The van der Waals surface area contributed by atoms with Crippen LogP contribution in [0.1, 0.15) is 48.7 Å². The molecular formula is C20H20F2N4O. The first-order valence-corrected chi connectivity index (χ1v) is 9.09. The zero-order valence-corrected chi connectivity index (χ0v) is 15.0. The molecule has 1 atom stereocenters. The molecule has 27 heavy (non-hydrogen) atoms. The molecule has 1 aliphatic heterocycles. The summed E-state index contributed by atoms with van der Waals surface area (Å²) in [5.74, 6) is -0.199. The summed E-state index contributed by atoms with van der Waals surface area (Å²) >= 11 is 0. The molecule has 3 heterocycles. The highest BCUT2D eigenvalue weighted by molar-refractivity contribution is 6.00. The SMILES string of the molecule is C[C@H]1CCCCN1C(=O)c1cnn2c(C(F)F)cc(-c3ccccc3)nc12. The van der Waals surface area contributed by atoms with E-state index in [4.69, 9.17) is 0 Å². The van der Waals surface area contributed by atoms with Gasteiger partial charge in [-0.25, -0.2) is 18.3 Å². The smallest absolute Gasteiger partial charge is 0.280 e. The number of fused-ring (bicyclic) bond motifs is 1. The minimum Gasteiger partial charge on any atom is -0.336 e. The topological polar surface area (TPSA) is 50.5 Å². The van der Waals surface area contributed by atoms with Gasteiger partial charge in [0.2, 0.25) is 0 Å². The number of rotatable bonds is 3. The van der Waals surface area contributed by atoms with E-state index in [1.165, 1.54) is 12.3 Å². The van der Waals surface area contributed by atoms with Gasteiger partial charge in [0.25, 0.3) is 12.3 Å². The molecule has 1 aromatic carbocycles. The van der Waals surface area contributed by atoms with Crippen LogP contribution < -0.4 is 0 Å². The molecule has 4 rings (SSSR count). The second-order valence-electron chi connectivity index (χ2n) is 6.87. The van der Waals surface area contributed by atoms with Gasteiger partial charge in [0.15, 0.2) is 5.65 Å². The highest BCUT2D eigenvalue weighted by atomic mass is 19.3. The van der Waals surface area contributed by atoms with Gasteiger partial charge in [0.1, 0.15) is 11.3 Å². The second-order valence-corrected chi connectivity index (χ2v) is 6.87. The molecule has 3 aromatic rings. The third-order valence-electron chi connectivity index (χ3n) is 5.09. The molecule has 5 nitrogen and oxygen atoms in total. The Labute approximate surface area is 155 Å². The summed E-state index contributed by atoms with van der Waals surface area (Å²) in [5.41, 5.74) is 1.29. The van der Waals surface area contributed by atoms with E-state index in [1.54, 1.807) is 17.0 Å². The standard InChI is InChI=1S/C20H20F2N4O/c1-13-7-5-6-10-25(13)20(27)15-12-23-26-17(18(21)22)11-16(24-19(15)26)14-8-3-2-4-9-14/h2-4,8-9,11-13,18H,5-7,10H2,1H3/t13-/m0/s1. The van der Waals surface area contributed by atoms with Crippen LogP contribution in [0.25, 0.3) is 16.9 Å². The Hall–Kier alpha value is -2.83. The lowest BCUT2D eigenvalue weighted by atomic mass is 10.0. The van der Waals surface area contributed by atoms with Crippen molar-refractivity contribution < 1.29 is 13.6 Å². The third kappa shape index (κ3) is 3.18. The number of piperidine rings is 1. The van der Waals surface area contributed by atoms with Crippen molar-refractivity contribution in [1.82, 2.24) is 19.5 Å². The highest BCUT2D eigenvalue weighted by Gasteiger charge is 2.28. The van der Waals surface area contributed by atoms with E-state index in [2.05, 4.69) is 10.1 Å². The fourth-order valence-corrected chi connectivity index (χ4v) is 3.60. The highest BCUT2D eigenvalue weighted by Crippen LogP contribution is 2.28. The van der Waals surface area contributed by atoms with E-state index >= 15 is 0 Å². The molecule has 1 fully saturated rings. The average molecular weight is 370 g/mol. The van der Waals surface area contributed by atoms with Crippen molar-refractivity contribution >= 4 is 11.6 Å². The lowest BCUT2D eigenvalue weighted by molar-refractivity contribution is 0.0637. The largest absolute Gasteiger partial charge is 0.336 e. The van der Waals surface area contributed by atoms with Crippen molar-refractivity contribution in [3.63, 3.8) is 0 Å². The number of hydrogen-bond acceptors (Lipinski definition) is 3. The summed E-state index contributed by atoms with van der Waals surface area (Å²) < 4.78 is 28.4. The van der Waals surface area contributed by atoms with Crippen LogP contribution in [0, 0.1) is 0 Å². The maximum absolute atomic E-state index is 13.6. The van der Waals surface area contributed by atoms with Crippen molar-refractivity contribution in [3.8, 4) is 11.3 Å². The first kappa shape index (κ1) is 17.6. The number of amides is 1. The molecule has 0 unspecified atom stereocenters. The molecule has 1 amide bonds. The fourth-order valence-electron chi connectivity index (χ4n) is 3.60.